The van der Waals surface area contributed by atoms with E-state index in [2.05, 4.69) is 25.7 Å². The molecule has 0 radical (unpaired) electrons. The highest BCUT2D eigenvalue weighted by atomic mass is 16.2. The van der Waals surface area contributed by atoms with Crippen molar-refractivity contribution in [1.29, 1.82) is 0 Å². The second-order valence-corrected chi connectivity index (χ2v) is 5.64. The van der Waals surface area contributed by atoms with E-state index >= 15 is 0 Å². The molecule has 2 rings (SSSR count). The normalized spacial score (nSPS) is 18.3. The summed E-state index contributed by atoms with van der Waals surface area (Å²) >= 11 is 0. The Balaban J connectivity index is 2.05. The monoisotopic (exact) mass is 271 g/mol. The molecule has 1 aromatic carbocycles. The average molecular weight is 271 g/mol. The van der Waals surface area contributed by atoms with Gasteiger partial charge in [0.1, 0.15) is 6.61 Å². The SMILES string of the molecule is CC(C)C1CC(=O)N(Cc2cccc(C#CCO)c2)C1. The van der Waals surface area contributed by atoms with E-state index in [0.29, 0.717) is 24.8 Å². The van der Waals surface area contributed by atoms with Gasteiger partial charge in [-0.05, 0) is 29.5 Å². The van der Waals surface area contributed by atoms with Crippen molar-refractivity contribution in [3.8, 4) is 11.8 Å². The van der Waals surface area contributed by atoms with E-state index in [1.54, 1.807) is 0 Å². The van der Waals surface area contributed by atoms with Gasteiger partial charge in [0.15, 0.2) is 0 Å². The number of aliphatic hydroxyl groups is 1. The smallest absolute Gasteiger partial charge is 0.223 e. The standard InChI is InChI=1S/C17H21NO2/c1-13(2)16-10-17(20)18(12-16)11-15-6-3-5-14(9-15)7-4-8-19/h3,5-6,9,13,16,19H,8,10-12H2,1-2H3. The zero-order chi connectivity index (χ0) is 14.5. The number of amides is 1. The van der Waals surface area contributed by atoms with Crippen LogP contribution in [0.1, 0.15) is 31.4 Å². The minimum atomic E-state index is -0.134. The molecule has 1 aromatic rings. The molecule has 106 valence electrons. The van der Waals surface area contributed by atoms with Crippen LogP contribution >= 0.6 is 0 Å². The molecule has 1 N–H and O–H groups in total. The van der Waals surface area contributed by atoms with Gasteiger partial charge in [0.2, 0.25) is 5.91 Å². The zero-order valence-electron chi connectivity index (χ0n) is 12.1. The molecule has 0 saturated carbocycles. The molecule has 0 aromatic heterocycles. The molecule has 0 spiro atoms. The number of benzene rings is 1. The van der Waals surface area contributed by atoms with Crippen LogP contribution in [-0.2, 0) is 11.3 Å². The summed E-state index contributed by atoms with van der Waals surface area (Å²) in [4.78, 5) is 13.9. The van der Waals surface area contributed by atoms with Crippen LogP contribution < -0.4 is 0 Å². The molecule has 0 aliphatic carbocycles. The summed E-state index contributed by atoms with van der Waals surface area (Å²) < 4.78 is 0. The molecular weight excluding hydrogens is 250 g/mol. The fourth-order valence-electron chi connectivity index (χ4n) is 2.51. The highest BCUT2D eigenvalue weighted by Gasteiger charge is 2.31. The summed E-state index contributed by atoms with van der Waals surface area (Å²) in [5.74, 6) is 6.80. The minimum absolute atomic E-state index is 0.134. The summed E-state index contributed by atoms with van der Waals surface area (Å²) in [6, 6.07) is 7.85. The lowest BCUT2D eigenvalue weighted by Crippen LogP contribution is -2.25. The van der Waals surface area contributed by atoms with Gasteiger partial charge in [0.05, 0.1) is 0 Å². The van der Waals surface area contributed by atoms with E-state index in [4.69, 9.17) is 5.11 Å². The van der Waals surface area contributed by atoms with Crippen LogP contribution in [0.15, 0.2) is 24.3 Å². The molecule has 1 aliphatic heterocycles. The van der Waals surface area contributed by atoms with Gasteiger partial charge in [-0.15, -0.1) is 0 Å². The van der Waals surface area contributed by atoms with Gasteiger partial charge in [-0.25, -0.2) is 0 Å². The number of carbonyl (C=O) groups is 1. The first kappa shape index (κ1) is 14.6. The molecule has 1 saturated heterocycles. The van der Waals surface area contributed by atoms with Gasteiger partial charge in [-0.3, -0.25) is 4.79 Å². The van der Waals surface area contributed by atoms with Crippen molar-refractivity contribution in [3.63, 3.8) is 0 Å². The maximum Gasteiger partial charge on any atom is 0.223 e. The molecule has 1 amide bonds. The van der Waals surface area contributed by atoms with Crippen molar-refractivity contribution in [2.24, 2.45) is 11.8 Å². The summed E-state index contributed by atoms with van der Waals surface area (Å²) in [5.41, 5.74) is 1.97. The van der Waals surface area contributed by atoms with Crippen LogP contribution in [0, 0.1) is 23.7 Å². The summed E-state index contributed by atoms with van der Waals surface area (Å²) in [5, 5.41) is 8.72. The second-order valence-electron chi connectivity index (χ2n) is 5.64. The van der Waals surface area contributed by atoms with Crippen LogP contribution in [0.3, 0.4) is 0 Å². The van der Waals surface area contributed by atoms with Crippen molar-refractivity contribution in [3.05, 3.63) is 35.4 Å². The van der Waals surface area contributed by atoms with E-state index in [0.717, 1.165) is 17.7 Å². The van der Waals surface area contributed by atoms with Crippen LogP contribution in [0.2, 0.25) is 0 Å². The summed E-state index contributed by atoms with van der Waals surface area (Å²) in [6.07, 6.45) is 0.668. The van der Waals surface area contributed by atoms with Crippen molar-refractivity contribution < 1.29 is 9.90 Å². The Kier molecular flexibility index (Phi) is 4.81. The van der Waals surface area contributed by atoms with Gasteiger partial charge in [-0.2, -0.15) is 0 Å². The number of likely N-dealkylation sites (tertiary alicyclic amines) is 1. The van der Waals surface area contributed by atoms with E-state index in [-0.39, 0.29) is 12.5 Å². The predicted molar refractivity (Wildman–Crippen MR) is 78.8 cm³/mol. The number of rotatable bonds is 3. The predicted octanol–water partition coefficient (Wildman–Crippen LogP) is 2.03. The van der Waals surface area contributed by atoms with Gasteiger partial charge in [0.25, 0.3) is 0 Å². The quantitative estimate of drug-likeness (QED) is 0.855. The highest BCUT2D eigenvalue weighted by molar-refractivity contribution is 5.78. The molecule has 1 unspecified atom stereocenters. The molecule has 1 fully saturated rings. The van der Waals surface area contributed by atoms with Crippen LogP contribution in [0.25, 0.3) is 0 Å². The van der Waals surface area contributed by atoms with Crippen molar-refractivity contribution >= 4 is 5.91 Å². The number of carbonyl (C=O) groups excluding carboxylic acids is 1. The van der Waals surface area contributed by atoms with Gasteiger partial charge < -0.3 is 10.0 Å². The average Bonchev–Trinajstić information content (AvgIpc) is 2.79. The van der Waals surface area contributed by atoms with Crippen LogP contribution in [0.4, 0.5) is 0 Å². The molecule has 3 nitrogen and oxygen atoms in total. The molecule has 3 heteroatoms. The topological polar surface area (TPSA) is 40.5 Å². The highest BCUT2D eigenvalue weighted by Crippen LogP contribution is 2.26. The van der Waals surface area contributed by atoms with Gasteiger partial charge in [0, 0.05) is 25.1 Å². The number of hydrogen-bond acceptors (Lipinski definition) is 2. The van der Waals surface area contributed by atoms with Gasteiger partial charge >= 0.3 is 0 Å². The molecule has 20 heavy (non-hydrogen) atoms. The first-order chi connectivity index (χ1) is 9.60. The van der Waals surface area contributed by atoms with Crippen LogP contribution in [0.5, 0.6) is 0 Å². The van der Waals surface area contributed by atoms with Crippen molar-refractivity contribution in [2.75, 3.05) is 13.2 Å². The molecule has 1 aliphatic rings. The maximum absolute atomic E-state index is 12.0. The molecule has 1 heterocycles. The first-order valence-corrected chi connectivity index (χ1v) is 7.06. The third-order valence-corrected chi connectivity index (χ3v) is 3.80. The maximum atomic E-state index is 12.0. The van der Waals surface area contributed by atoms with Crippen molar-refractivity contribution in [2.45, 2.75) is 26.8 Å². The molecule has 1 atom stereocenters. The fraction of sp³-hybridized carbons (Fsp3) is 0.471. The molecular formula is C17H21NO2. The Hall–Kier alpha value is -1.79. The lowest BCUT2D eigenvalue weighted by atomic mass is 9.95. The Morgan fingerprint density at radius 1 is 1.45 bits per heavy atom. The fourth-order valence-corrected chi connectivity index (χ4v) is 2.51. The second kappa shape index (κ2) is 6.58. The molecule has 0 bridgehead atoms. The Morgan fingerprint density at radius 3 is 2.90 bits per heavy atom. The number of hydrogen-bond donors (Lipinski definition) is 1. The summed E-state index contributed by atoms with van der Waals surface area (Å²) in [6.45, 7) is 5.71. The first-order valence-electron chi connectivity index (χ1n) is 7.06. The van der Waals surface area contributed by atoms with E-state index in [9.17, 15) is 4.79 Å². The lowest BCUT2D eigenvalue weighted by molar-refractivity contribution is -0.128. The van der Waals surface area contributed by atoms with E-state index < -0.39 is 0 Å². The Morgan fingerprint density at radius 2 is 2.25 bits per heavy atom. The summed E-state index contributed by atoms with van der Waals surface area (Å²) in [7, 11) is 0. The minimum Gasteiger partial charge on any atom is -0.384 e. The lowest BCUT2D eigenvalue weighted by Gasteiger charge is -2.18. The Labute approximate surface area is 120 Å². The van der Waals surface area contributed by atoms with E-state index in [1.165, 1.54) is 0 Å². The van der Waals surface area contributed by atoms with E-state index in [1.807, 2.05) is 29.2 Å². The van der Waals surface area contributed by atoms with Gasteiger partial charge in [-0.1, -0.05) is 37.8 Å². The van der Waals surface area contributed by atoms with Crippen molar-refractivity contribution in [1.82, 2.24) is 4.90 Å². The third kappa shape index (κ3) is 3.61. The number of aliphatic hydroxyl groups excluding tert-OH is 1. The van der Waals surface area contributed by atoms with Crippen LogP contribution in [-0.4, -0.2) is 29.1 Å². The number of nitrogens with zero attached hydrogens (tertiary/aromatic N) is 1. The third-order valence-electron chi connectivity index (χ3n) is 3.80. The zero-order valence-corrected chi connectivity index (χ0v) is 12.1. The largest absolute Gasteiger partial charge is 0.384 e. The Bertz CT molecular complexity index is 539.